The minimum absolute atomic E-state index is 0.645. The van der Waals surface area contributed by atoms with Crippen molar-refractivity contribution in [1.82, 2.24) is 25.3 Å². The number of hydrogen-bond donors (Lipinski definition) is 1. The summed E-state index contributed by atoms with van der Waals surface area (Å²) in [5.41, 5.74) is 1.04. The van der Waals surface area contributed by atoms with Crippen molar-refractivity contribution in [3.63, 3.8) is 0 Å². The second kappa shape index (κ2) is 7.78. The SMILES string of the molecule is COCCNCc1cnc(Sc2ncccn2)nc1. The zero-order valence-electron chi connectivity index (χ0n) is 10.6. The largest absolute Gasteiger partial charge is 0.383 e. The molecule has 0 bridgehead atoms. The van der Waals surface area contributed by atoms with E-state index in [1.54, 1.807) is 38.0 Å². The van der Waals surface area contributed by atoms with E-state index < -0.39 is 0 Å². The molecule has 7 heteroatoms. The number of nitrogens with zero attached hydrogens (tertiary/aromatic N) is 4. The van der Waals surface area contributed by atoms with Gasteiger partial charge in [-0.15, -0.1) is 0 Å². The number of ether oxygens (including phenoxy) is 1. The van der Waals surface area contributed by atoms with Crippen LogP contribution in [-0.4, -0.2) is 40.2 Å². The summed E-state index contributed by atoms with van der Waals surface area (Å²) >= 11 is 1.34. The highest BCUT2D eigenvalue weighted by molar-refractivity contribution is 7.99. The van der Waals surface area contributed by atoms with Gasteiger partial charge in [0.25, 0.3) is 0 Å². The Kier molecular flexibility index (Phi) is 5.67. The van der Waals surface area contributed by atoms with Gasteiger partial charge in [0.2, 0.25) is 0 Å². The predicted molar refractivity (Wildman–Crippen MR) is 71.8 cm³/mol. The van der Waals surface area contributed by atoms with Crippen molar-refractivity contribution in [3.05, 3.63) is 36.4 Å². The molecule has 0 fully saturated rings. The highest BCUT2D eigenvalue weighted by Crippen LogP contribution is 2.18. The van der Waals surface area contributed by atoms with E-state index in [4.69, 9.17) is 4.74 Å². The van der Waals surface area contributed by atoms with Crippen molar-refractivity contribution in [1.29, 1.82) is 0 Å². The second-order valence-electron chi connectivity index (χ2n) is 3.68. The van der Waals surface area contributed by atoms with Crippen LogP contribution in [0.15, 0.2) is 41.2 Å². The molecule has 6 nitrogen and oxygen atoms in total. The van der Waals surface area contributed by atoms with E-state index in [2.05, 4.69) is 25.3 Å². The van der Waals surface area contributed by atoms with Gasteiger partial charge < -0.3 is 10.1 Å². The highest BCUT2D eigenvalue weighted by atomic mass is 32.2. The molecule has 2 aromatic heterocycles. The van der Waals surface area contributed by atoms with E-state index in [1.165, 1.54) is 11.8 Å². The van der Waals surface area contributed by atoms with Crippen LogP contribution >= 0.6 is 11.8 Å². The van der Waals surface area contributed by atoms with Gasteiger partial charge in [-0.1, -0.05) is 0 Å². The molecule has 1 N–H and O–H groups in total. The van der Waals surface area contributed by atoms with Crippen molar-refractivity contribution in [2.24, 2.45) is 0 Å². The Hall–Kier alpha value is -1.57. The molecule has 0 saturated heterocycles. The molecule has 19 heavy (non-hydrogen) atoms. The summed E-state index contributed by atoms with van der Waals surface area (Å²) in [7, 11) is 1.68. The molecule has 0 aliphatic heterocycles. The fourth-order valence-corrected chi connectivity index (χ4v) is 1.91. The lowest BCUT2D eigenvalue weighted by atomic mass is 10.3. The molecule has 0 unspecified atom stereocenters. The summed E-state index contributed by atoms with van der Waals surface area (Å²) in [6.07, 6.45) is 7.00. The van der Waals surface area contributed by atoms with E-state index in [0.717, 1.165) is 18.7 Å². The molecule has 0 saturated carbocycles. The van der Waals surface area contributed by atoms with E-state index >= 15 is 0 Å². The molecule has 0 radical (unpaired) electrons. The van der Waals surface area contributed by atoms with Crippen LogP contribution in [0.3, 0.4) is 0 Å². The minimum Gasteiger partial charge on any atom is -0.383 e. The van der Waals surface area contributed by atoms with Gasteiger partial charge in [-0.25, -0.2) is 19.9 Å². The van der Waals surface area contributed by atoms with E-state index in [-0.39, 0.29) is 0 Å². The summed E-state index contributed by atoms with van der Waals surface area (Å²) in [6, 6.07) is 1.78. The molecule has 2 aromatic rings. The van der Waals surface area contributed by atoms with Gasteiger partial charge in [0.05, 0.1) is 6.61 Å². The third-order valence-corrected chi connectivity index (χ3v) is 3.01. The Balaban J connectivity index is 1.84. The molecule has 0 aliphatic rings. The van der Waals surface area contributed by atoms with Crippen LogP contribution in [0, 0.1) is 0 Å². The quantitative estimate of drug-likeness (QED) is 0.601. The number of hydrogen-bond acceptors (Lipinski definition) is 7. The minimum atomic E-state index is 0.645. The maximum absolute atomic E-state index is 4.95. The van der Waals surface area contributed by atoms with Gasteiger partial charge in [-0.05, 0) is 17.8 Å². The van der Waals surface area contributed by atoms with Crippen molar-refractivity contribution in [2.45, 2.75) is 16.9 Å². The molecular formula is C12H15N5OS. The van der Waals surface area contributed by atoms with E-state index in [9.17, 15) is 0 Å². The molecule has 0 aromatic carbocycles. The average Bonchev–Trinajstić information content (AvgIpc) is 2.46. The highest BCUT2D eigenvalue weighted by Gasteiger charge is 2.02. The Bertz CT molecular complexity index is 479. The summed E-state index contributed by atoms with van der Waals surface area (Å²) in [6.45, 7) is 2.24. The van der Waals surface area contributed by atoms with Gasteiger partial charge in [-0.2, -0.15) is 0 Å². The third-order valence-electron chi connectivity index (χ3n) is 2.22. The smallest absolute Gasteiger partial charge is 0.195 e. The maximum atomic E-state index is 4.95. The summed E-state index contributed by atoms with van der Waals surface area (Å²) in [4.78, 5) is 16.8. The number of rotatable bonds is 7. The van der Waals surface area contributed by atoms with Crippen LogP contribution in [0.1, 0.15) is 5.56 Å². The molecule has 0 atom stereocenters. The summed E-state index contributed by atoms with van der Waals surface area (Å²) in [5.74, 6) is 0. The molecule has 0 aliphatic carbocycles. The lowest BCUT2D eigenvalue weighted by molar-refractivity contribution is 0.199. The second-order valence-corrected chi connectivity index (χ2v) is 4.61. The van der Waals surface area contributed by atoms with Gasteiger partial charge in [0.1, 0.15) is 0 Å². The first-order chi connectivity index (χ1) is 9.38. The zero-order valence-corrected chi connectivity index (χ0v) is 11.4. The Morgan fingerprint density at radius 2 is 1.79 bits per heavy atom. The molecule has 2 heterocycles. The van der Waals surface area contributed by atoms with Gasteiger partial charge in [0.15, 0.2) is 10.3 Å². The Labute approximate surface area is 116 Å². The molecule has 0 amide bonds. The van der Waals surface area contributed by atoms with Crippen LogP contribution in [0.25, 0.3) is 0 Å². The normalized spacial score (nSPS) is 10.6. The van der Waals surface area contributed by atoms with Crippen LogP contribution in [0.2, 0.25) is 0 Å². The zero-order chi connectivity index (χ0) is 13.3. The lowest BCUT2D eigenvalue weighted by Crippen LogP contribution is -2.18. The summed E-state index contributed by atoms with van der Waals surface area (Å²) in [5, 5.41) is 4.53. The van der Waals surface area contributed by atoms with Gasteiger partial charge in [-0.3, -0.25) is 0 Å². The first kappa shape index (κ1) is 13.9. The van der Waals surface area contributed by atoms with Crippen molar-refractivity contribution in [3.8, 4) is 0 Å². The first-order valence-electron chi connectivity index (χ1n) is 5.84. The fourth-order valence-electron chi connectivity index (χ4n) is 1.31. The van der Waals surface area contributed by atoms with Crippen LogP contribution in [0.4, 0.5) is 0 Å². The molecular weight excluding hydrogens is 262 g/mol. The van der Waals surface area contributed by atoms with Gasteiger partial charge >= 0.3 is 0 Å². The molecule has 0 spiro atoms. The van der Waals surface area contributed by atoms with Crippen molar-refractivity contribution < 1.29 is 4.74 Å². The Morgan fingerprint density at radius 3 is 2.47 bits per heavy atom. The lowest BCUT2D eigenvalue weighted by Gasteiger charge is -2.04. The van der Waals surface area contributed by atoms with Crippen LogP contribution in [-0.2, 0) is 11.3 Å². The van der Waals surface area contributed by atoms with Crippen molar-refractivity contribution in [2.75, 3.05) is 20.3 Å². The van der Waals surface area contributed by atoms with E-state index in [1.807, 2.05) is 0 Å². The molecule has 100 valence electrons. The van der Waals surface area contributed by atoms with Gasteiger partial charge in [0, 0.05) is 50.6 Å². The van der Waals surface area contributed by atoms with Crippen LogP contribution < -0.4 is 5.32 Å². The van der Waals surface area contributed by atoms with E-state index in [0.29, 0.717) is 16.9 Å². The average molecular weight is 277 g/mol. The van der Waals surface area contributed by atoms with Crippen LogP contribution in [0.5, 0.6) is 0 Å². The topological polar surface area (TPSA) is 72.8 Å². The maximum Gasteiger partial charge on any atom is 0.195 e. The fraction of sp³-hybridized carbons (Fsp3) is 0.333. The number of nitrogens with one attached hydrogen (secondary N) is 1. The first-order valence-corrected chi connectivity index (χ1v) is 6.65. The van der Waals surface area contributed by atoms with Crippen molar-refractivity contribution >= 4 is 11.8 Å². The number of methoxy groups -OCH3 is 1. The molecule has 2 rings (SSSR count). The standard InChI is InChI=1S/C12H15N5OS/c1-18-6-5-13-7-10-8-16-12(17-9-10)19-11-14-3-2-4-15-11/h2-4,8-9,13H,5-7H2,1H3. The third kappa shape index (κ3) is 4.90. The monoisotopic (exact) mass is 277 g/mol. The number of aromatic nitrogens is 4. The Morgan fingerprint density at radius 1 is 1.11 bits per heavy atom. The summed E-state index contributed by atoms with van der Waals surface area (Å²) < 4.78 is 4.95. The predicted octanol–water partition coefficient (Wildman–Crippen LogP) is 1.15.